The summed E-state index contributed by atoms with van der Waals surface area (Å²) in [4.78, 5) is 25.5. The van der Waals surface area contributed by atoms with Gasteiger partial charge in [-0.3, -0.25) is 9.36 Å². The van der Waals surface area contributed by atoms with Gasteiger partial charge in [0.1, 0.15) is 5.15 Å². The second-order valence-electron chi connectivity index (χ2n) is 3.02. The van der Waals surface area contributed by atoms with E-state index < -0.39 is 17.1 Å². The lowest BCUT2D eigenvalue weighted by Gasteiger charge is -2.19. The molecule has 1 aromatic heterocycles. The smallest absolute Gasteiger partial charge is 0.344 e. The average Bonchev–Trinajstić information content (AvgIpc) is 2.17. The van der Waals surface area contributed by atoms with Crippen molar-refractivity contribution in [3.8, 4) is 6.01 Å². The molecule has 1 aliphatic rings. The van der Waals surface area contributed by atoms with E-state index in [2.05, 4.69) is 4.98 Å². The van der Waals surface area contributed by atoms with Crippen molar-refractivity contribution in [2.75, 3.05) is 6.61 Å². The standard InChI is InChI=1S/C8H7ClN2O4/c9-5-4(7(13)14)6(12)10-8-11(5)2-1-3-15-8/h1-3H2,(H,13,14). The Morgan fingerprint density at radius 1 is 1.60 bits per heavy atom. The lowest BCUT2D eigenvalue weighted by Crippen LogP contribution is -2.27. The monoisotopic (exact) mass is 230 g/mol. The third-order valence-corrected chi connectivity index (χ3v) is 2.45. The molecule has 0 atom stereocenters. The first-order valence-electron chi connectivity index (χ1n) is 4.27. The lowest BCUT2D eigenvalue weighted by atomic mass is 10.3. The molecule has 0 bridgehead atoms. The van der Waals surface area contributed by atoms with Gasteiger partial charge >= 0.3 is 12.0 Å². The zero-order chi connectivity index (χ0) is 11.0. The van der Waals surface area contributed by atoms with E-state index in [0.29, 0.717) is 19.6 Å². The highest BCUT2D eigenvalue weighted by molar-refractivity contribution is 6.32. The molecular weight excluding hydrogens is 224 g/mol. The number of halogens is 1. The summed E-state index contributed by atoms with van der Waals surface area (Å²) in [5.74, 6) is -1.38. The second kappa shape index (κ2) is 3.54. The Bertz CT molecular complexity index is 482. The number of hydrogen-bond acceptors (Lipinski definition) is 4. The van der Waals surface area contributed by atoms with Crippen molar-refractivity contribution in [2.24, 2.45) is 0 Å². The third kappa shape index (κ3) is 1.56. The van der Waals surface area contributed by atoms with Crippen LogP contribution in [0.3, 0.4) is 0 Å². The number of carboxylic acids is 1. The molecule has 1 N–H and O–H groups in total. The van der Waals surface area contributed by atoms with Crippen LogP contribution in [0, 0.1) is 0 Å². The van der Waals surface area contributed by atoms with E-state index in [1.54, 1.807) is 0 Å². The summed E-state index contributed by atoms with van der Waals surface area (Å²) in [7, 11) is 0. The number of rotatable bonds is 1. The summed E-state index contributed by atoms with van der Waals surface area (Å²) in [6, 6.07) is 0.0845. The van der Waals surface area contributed by atoms with Gasteiger partial charge in [-0.05, 0) is 6.42 Å². The van der Waals surface area contributed by atoms with E-state index in [1.165, 1.54) is 4.57 Å². The first kappa shape index (κ1) is 9.97. The average molecular weight is 231 g/mol. The van der Waals surface area contributed by atoms with E-state index in [9.17, 15) is 9.59 Å². The maximum Gasteiger partial charge on any atom is 0.344 e. The number of carboxylic acid groups (broad SMARTS) is 1. The van der Waals surface area contributed by atoms with Gasteiger partial charge in [0, 0.05) is 6.54 Å². The van der Waals surface area contributed by atoms with Gasteiger partial charge in [0.25, 0.3) is 5.56 Å². The number of ether oxygens (including phenoxy) is 1. The zero-order valence-corrected chi connectivity index (χ0v) is 8.32. The van der Waals surface area contributed by atoms with Crippen molar-refractivity contribution in [1.29, 1.82) is 0 Å². The molecule has 0 saturated heterocycles. The molecular formula is C8H7ClN2O4. The summed E-state index contributed by atoms with van der Waals surface area (Å²) in [5.41, 5.74) is -1.38. The SMILES string of the molecule is O=C(O)c1c(Cl)n2c(nc1=O)OCCC2. The van der Waals surface area contributed by atoms with Crippen LogP contribution in [0.2, 0.25) is 5.15 Å². The van der Waals surface area contributed by atoms with Crippen LogP contribution in [0.5, 0.6) is 6.01 Å². The van der Waals surface area contributed by atoms with Gasteiger partial charge in [0.15, 0.2) is 5.56 Å². The van der Waals surface area contributed by atoms with E-state index in [4.69, 9.17) is 21.4 Å². The topological polar surface area (TPSA) is 81.4 Å². The number of hydrogen-bond donors (Lipinski definition) is 1. The molecule has 0 spiro atoms. The minimum Gasteiger partial charge on any atom is -0.477 e. The maximum atomic E-state index is 11.3. The van der Waals surface area contributed by atoms with E-state index in [1.807, 2.05) is 0 Å². The van der Waals surface area contributed by atoms with Gasteiger partial charge in [-0.1, -0.05) is 11.6 Å². The molecule has 0 unspecified atom stereocenters. The van der Waals surface area contributed by atoms with Crippen LogP contribution in [0.1, 0.15) is 16.8 Å². The lowest BCUT2D eigenvalue weighted by molar-refractivity contribution is 0.0693. The minimum atomic E-state index is -1.38. The largest absolute Gasteiger partial charge is 0.477 e. The highest BCUT2D eigenvalue weighted by Gasteiger charge is 2.23. The quantitative estimate of drug-likeness (QED) is 0.706. The van der Waals surface area contributed by atoms with E-state index in [0.717, 1.165) is 0 Å². The number of aromatic carboxylic acids is 1. The highest BCUT2D eigenvalue weighted by atomic mass is 35.5. The number of nitrogens with zero attached hydrogens (tertiary/aromatic N) is 2. The number of fused-ring (bicyclic) bond motifs is 1. The molecule has 1 aromatic rings. The van der Waals surface area contributed by atoms with Crippen molar-refractivity contribution in [3.05, 3.63) is 21.1 Å². The summed E-state index contributed by atoms with van der Waals surface area (Å²) in [6.07, 6.45) is 0.705. The highest BCUT2D eigenvalue weighted by Crippen LogP contribution is 2.21. The molecule has 6 nitrogen and oxygen atoms in total. The summed E-state index contributed by atoms with van der Waals surface area (Å²) in [6.45, 7) is 0.955. The summed E-state index contributed by atoms with van der Waals surface area (Å²) in [5, 5.41) is 8.64. The number of aromatic nitrogens is 2. The van der Waals surface area contributed by atoms with Crippen LogP contribution >= 0.6 is 11.6 Å². The Kier molecular flexibility index (Phi) is 2.36. The number of carbonyl (C=O) groups is 1. The minimum absolute atomic E-state index is 0.0845. The molecule has 15 heavy (non-hydrogen) atoms. The van der Waals surface area contributed by atoms with Crippen molar-refractivity contribution >= 4 is 17.6 Å². The first-order valence-corrected chi connectivity index (χ1v) is 4.65. The van der Waals surface area contributed by atoms with Crippen LogP contribution in [-0.2, 0) is 6.54 Å². The van der Waals surface area contributed by atoms with Crippen molar-refractivity contribution in [1.82, 2.24) is 9.55 Å². The van der Waals surface area contributed by atoms with Crippen molar-refractivity contribution < 1.29 is 14.6 Å². The molecule has 0 aliphatic carbocycles. The van der Waals surface area contributed by atoms with Crippen LogP contribution in [0.25, 0.3) is 0 Å². The Balaban J connectivity index is 2.70. The molecule has 80 valence electrons. The predicted octanol–water partition coefficient (Wildman–Crippen LogP) is 0.377. The van der Waals surface area contributed by atoms with Crippen molar-refractivity contribution in [3.63, 3.8) is 0 Å². The van der Waals surface area contributed by atoms with Gasteiger partial charge in [-0.15, -0.1) is 0 Å². The normalized spacial score (nSPS) is 14.2. The first-order chi connectivity index (χ1) is 7.11. The van der Waals surface area contributed by atoms with Crippen LogP contribution in [0.4, 0.5) is 0 Å². The molecule has 7 heteroatoms. The zero-order valence-electron chi connectivity index (χ0n) is 7.57. The van der Waals surface area contributed by atoms with E-state index >= 15 is 0 Å². The van der Waals surface area contributed by atoms with Gasteiger partial charge in [-0.2, -0.15) is 4.98 Å². The van der Waals surface area contributed by atoms with E-state index in [-0.39, 0.29) is 11.2 Å². The molecule has 0 radical (unpaired) electrons. The van der Waals surface area contributed by atoms with Gasteiger partial charge in [-0.25, -0.2) is 4.79 Å². The molecule has 1 aliphatic heterocycles. The van der Waals surface area contributed by atoms with Gasteiger partial charge in [0.2, 0.25) is 0 Å². The Labute approximate surface area is 89.1 Å². The fourth-order valence-electron chi connectivity index (χ4n) is 1.38. The van der Waals surface area contributed by atoms with Crippen LogP contribution in [0.15, 0.2) is 4.79 Å². The molecule has 2 heterocycles. The maximum absolute atomic E-state index is 11.3. The summed E-state index contributed by atoms with van der Waals surface area (Å²) >= 11 is 5.79. The fraction of sp³-hybridized carbons (Fsp3) is 0.375. The Hall–Kier alpha value is -1.56. The molecule has 0 fully saturated rings. The summed E-state index contributed by atoms with van der Waals surface area (Å²) < 4.78 is 6.48. The second-order valence-corrected chi connectivity index (χ2v) is 3.38. The van der Waals surface area contributed by atoms with Crippen LogP contribution in [-0.4, -0.2) is 27.2 Å². The molecule has 0 saturated carbocycles. The molecule has 2 rings (SSSR count). The fourth-order valence-corrected chi connectivity index (χ4v) is 1.70. The Morgan fingerprint density at radius 2 is 2.33 bits per heavy atom. The van der Waals surface area contributed by atoms with Gasteiger partial charge < -0.3 is 9.84 Å². The third-order valence-electron chi connectivity index (χ3n) is 2.06. The van der Waals surface area contributed by atoms with Crippen LogP contribution < -0.4 is 10.3 Å². The van der Waals surface area contributed by atoms with Crippen molar-refractivity contribution in [2.45, 2.75) is 13.0 Å². The predicted molar refractivity (Wildman–Crippen MR) is 50.6 cm³/mol. The van der Waals surface area contributed by atoms with Gasteiger partial charge in [0.05, 0.1) is 6.61 Å². The Morgan fingerprint density at radius 3 is 3.00 bits per heavy atom. The molecule has 0 amide bonds. The molecule has 0 aromatic carbocycles.